The van der Waals surface area contributed by atoms with Gasteiger partial charge in [-0.3, -0.25) is 4.79 Å². The van der Waals surface area contributed by atoms with E-state index in [1.165, 1.54) is 0 Å². The highest BCUT2D eigenvalue weighted by Crippen LogP contribution is 2.14. The number of carbonyl (C=O) groups excluding carboxylic acids is 1. The van der Waals surface area contributed by atoms with Crippen molar-refractivity contribution in [1.29, 1.82) is 0 Å². The fourth-order valence-corrected chi connectivity index (χ4v) is 2.32. The molecule has 2 aromatic carbocycles. The number of likely N-dealkylation sites (N-methyl/N-ethyl adjacent to an activating group) is 1. The second-order valence-corrected chi connectivity index (χ2v) is 5.12. The number of carbonyl (C=O) groups is 1. The highest BCUT2D eigenvalue weighted by Gasteiger charge is 2.14. The van der Waals surface area contributed by atoms with Gasteiger partial charge in [0.15, 0.2) is 0 Å². The second kappa shape index (κ2) is 7.60. The Kier molecular flexibility index (Phi) is 5.52. The molecule has 2 N–H and O–H groups in total. The van der Waals surface area contributed by atoms with Gasteiger partial charge < -0.3 is 10.6 Å². The molecule has 0 fully saturated rings. The summed E-state index contributed by atoms with van der Waals surface area (Å²) in [5.41, 5.74) is 2.94. The first-order valence-electron chi connectivity index (χ1n) is 7.30. The monoisotopic (exact) mass is 282 g/mol. The van der Waals surface area contributed by atoms with Gasteiger partial charge in [-0.05, 0) is 44.1 Å². The summed E-state index contributed by atoms with van der Waals surface area (Å²) in [7, 11) is 1.92. The van der Waals surface area contributed by atoms with E-state index in [0.29, 0.717) is 0 Å². The average molecular weight is 282 g/mol. The van der Waals surface area contributed by atoms with Crippen LogP contribution in [0.15, 0.2) is 54.6 Å². The van der Waals surface area contributed by atoms with Gasteiger partial charge in [0.1, 0.15) is 0 Å². The first kappa shape index (κ1) is 15.3. The van der Waals surface area contributed by atoms with Gasteiger partial charge in [-0.25, -0.2) is 0 Å². The lowest BCUT2D eigenvalue weighted by molar-refractivity contribution is 0.0939. The minimum Gasteiger partial charge on any atom is -0.346 e. The van der Waals surface area contributed by atoms with E-state index < -0.39 is 0 Å². The van der Waals surface area contributed by atoms with E-state index in [1.807, 2.05) is 68.6 Å². The van der Waals surface area contributed by atoms with E-state index in [2.05, 4.69) is 10.6 Å². The third-order valence-electron chi connectivity index (χ3n) is 3.55. The van der Waals surface area contributed by atoms with Crippen molar-refractivity contribution in [3.8, 4) is 0 Å². The van der Waals surface area contributed by atoms with Crippen LogP contribution in [0.4, 0.5) is 0 Å². The standard InChI is InChI=1S/C18H22N2O/c1-14(15-8-4-3-5-9-15)20-18(21)17-11-7-6-10-16(17)12-13-19-2/h3-11,14,19H,12-13H2,1-2H3,(H,20,21). The van der Waals surface area contributed by atoms with Gasteiger partial charge in [0.25, 0.3) is 5.91 Å². The third-order valence-corrected chi connectivity index (χ3v) is 3.55. The van der Waals surface area contributed by atoms with Crippen molar-refractivity contribution in [3.05, 3.63) is 71.3 Å². The highest BCUT2D eigenvalue weighted by molar-refractivity contribution is 5.95. The molecule has 0 heterocycles. The SMILES string of the molecule is CNCCc1ccccc1C(=O)NC(C)c1ccccc1. The molecule has 0 aliphatic rings. The van der Waals surface area contributed by atoms with Crippen molar-refractivity contribution >= 4 is 5.91 Å². The zero-order valence-corrected chi connectivity index (χ0v) is 12.6. The summed E-state index contributed by atoms with van der Waals surface area (Å²) in [6, 6.07) is 17.8. The van der Waals surface area contributed by atoms with Gasteiger partial charge in [-0.15, -0.1) is 0 Å². The van der Waals surface area contributed by atoms with E-state index in [1.54, 1.807) is 0 Å². The van der Waals surface area contributed by atoms with Gasteiger partial charge in [-0.1, -0.05) is 48.5 Å². The van der Waals surface area contributed by atoms with Crippen molar-refractivity contribution in [2.45, 2.75) is 19.4 Å². The summed E-state index contributed by atoms with van der Waals surface area (Å²) in [6.45, 7) is 2.86. The van der Waals surface area contributed by atoms with E-state index in [-0.39, 0.29) is 11.9 Å². The van der Waals surface area contributed by atoms with Crippen LogP contribution in [0.1, 0.15) is 34.5 Å². The Morgan fingerprint density at radius 3 is 2.43 bits per heavy atom. The maximum atomic E-state index is 12.5. The van der Waals surface area contributed by atoms with E-state index >= 15 is 0 Å². The van der Waals surface area contributed by atoms with Crippen LogP contribution in [0.25, 0.3) is 0 Å². The molecular formula is C18H22N2O. The molecule has 0 aliphatic carbocycles. The van der Waals surface area contributed by atoms with Gasteiger partial charge in [0, 0.05) is 5.56 Å². The zero-order chi connectivity index (χ0) is 15.1. The number of benzene rings is 2. The maximum Gasteiger partial charge on any atom is 0.252 e. The number of hydrogen-bond acceptors (Lipinski definition) is 2. The normalized spacial score (nSPS) is 11.9. The largest absolute Gasteiger partial charge is 0.346 e. The molecule has 0 aliphatic heterocycles. The summed E-state index contributed by atoms with van der Waals surface area (Å²) in [5, 5.41) is 6.19. The molecule has 1 amide bonds. The fourth-order valence-electron chi connectivity index (χ4n) is 2.32. The lowest BCUT2D eigenvalue weighted by Crippen LogP contribution is -2.28. The quantitative estimate of drug-likeness (QED) is 0.855. The lowest BCUT2D eigenvalue weighted by atomic mass is 10.0. The van der Waals surface area contributed by atoms with E-state index in [0.717, 1.165) is 29.7 Å². The van der Waals surface area contributed by atoms with Gasteiger partial charge >= 0.3 is 0 Å². The molecule has 1 unspecified atom stereocenters. The molecule has 0 saturated carbocycles. The van der Waals surface area contributed by atoms with E-state index in [4.69, 9.17) is 0 Å². The molecule has 0 bridgehead atoms. The van der Waals surface area contributed by atoms with Crippen molar-refractivity contribution in [2.24, 2.45) is 0 Å². The van der Waals surface area contributed by atoms with Crippen LogP contribution in [0, 0.1) is 0 Å². The number of amides is 1. The summed E-state index contributed by atoms with van der Waals surface area (Å²) < 4.78 is 0. The van der Waals surface area contributed by atoms with Crippen LogP contribution in [0.2, 0.25) is 0 Å². The molecule has 2 aromatic rings. The summed E-state index contributed by atoms with van der Waals surface area (Å²) >= 11 is 0. The van der Waals surface area contributed by atoms with Crippen LogP contribution in [-0.2, 0) is 6.42 Å². The Labute approximate surface area is 126 Å². The topological polar surface area (TPSA) is 41.1 Å². The second-order valence-electron chi connectivity index (χ2n) is 5.12. The molecule has 3 nitrogen and oxygen atoms in total. The summed E-state index contributed by atoms with van der Waals surface area (Å²) in [4.78, 5) is 12.5. The Bertz CT molecular complexity index is 581. The molecule has 110 valence electrons. The van der Waals surface area contributed by atoms with Gasteiger partial charge in [-0.2, -0.15) is 0 Å². The molecule has 0 spiro atoms. The minimum absolute atomic E-state index is 0.00365. The molecule has 0 saturated heterocycles. The van der Waals surface area contributed by atoms with Crippen molar-refractivity contribution < 1.29 is 4.79 Å². The van der Waals surface area contributed by atoms with Crippen molar-refractivity contribution in [2.75, 3.05) is 13.6 Å². The maximum absolute atomic E-state index is 12.5. The average Bonchev–Trinajstić information content (AvgIpc) is 2.54. The lowest BCUT2D eigenvalue weighted by Gasteiger charge is -2.16. The molecule has 3 heteroatoms. The van der Waals surface area contributed by atoms with Crippen molar-refractivity contribution in [3.63, 3.8) is 0 Å². The Hall–Kier alpha value is -2.13. The molecule has 2 rings (SSSR count). The third kappa shape index (κ3) is 4.17. The molecule has 0 aromatic heterocycles. The van der Waals surface area contributed by atoms with Crippen molar-refractivity contribution in [1.82, 2.24) is 10.6 Å². The number of rotatable bonds is 6. The predicted octanol–water partition coefficient (Wildman–Crippen LogP) is 2.94. The molecule has 0 radical (unpaired) electrons. The van der Waals surface area contributed by atoms with Gasteiger partial charge in [0.05, 0.1) is 6.04 Å². The Morgan fingerprint density at radius 2 is 1.71 bits per heavy atom. The first-order valence-corrected chi connectivity index (χ1v) is 7.30. The Balaban J connectivity index is 2.10. The number of nitrogens with one attached hydrogen (secondary N) is 2. The van der Waals surface area contributed by atoms with Crippen LogP contribution >= 0.6 is 0 Å². The summed E-state index contributed by atoms with van der Waals surface area (Å²) in [5.74, 6) is -0.0157. The molecule has 1 atom stereocenters. The predicted molar refractivity (Wildman–Crippen MR) is 86.4 cm³/mol. The van der Waals surface area contributed by atoms with Crippen LogP contribution in [0.3, 0.4) is 0 Å². The van der Waals surface area contributed by atoms with Crippen LogP contribution in [0.5, 0.6) is 0 Å². The van der Waals surface area contributed by atoms with Crippen LogP contribution in [-0.4, -0.2) is 19.5 Å². The minimum atomic E-state index is -0.0157. The first-order chi connectivity index (χ1) is 10.2. The molecule has 21 heavy (non-hydrogen) atoms. The zero-order valence-electron chi connectivity index (χ0n) is 12.6. The number of hydrogen-bond donors (Lipinski definition) is 2. The smallest absolute Gasteiger partial charge is 0.252 e. The molecular weight excluding hydrogens is 260 g/mol. The summed E-state index contributed by atoms with van der Waals surface area (Å²) in [6.07, 6.45) is 0.847. The van der Waals surface area contributed by atoms with Crippen LogP contribution < -0.4 is 10.6 Å². The Morgan fingerprint density at radius 1 is 1.05 bits per heavy atom. The fraction of sp³-hybridized carbons (Fsp3) is 0.278. The van der Waals surface area contributed by atoms with Gasteiger partial charge in [0.2, 0.25) is 0 Å². The van der Waals surface area contributed by atoms with E-state index in [9.17, 15) is 4.79 Å². The highest BCUT2D eigenvalue weighted by atomic mass is 16.1.